The summed E-state index contributed by atoms with van der Waals surface area (Å²) in [6.07, 6.45) is 2.24. The molecule has 1 atom stereocenters. The molecular formula is C14H25NO5S. The van der Waals surface area contributed by atoms with Crippen LogP contribution < -0.4 is 0 Å². The van der Waals surface area contributed by atoms with Crippen LogP contribution in [0.15, 0.2) is 0 Å². The first kappa shape index (κ1) is 16.7. The zero-order chi connectivity index (χ0) is 15.7. The van der Waals surface area contributed by atoms with Crippen LogP contribution in [0.3, 0.4) is 0 Å². The van der Waals surface area contributed by atoms with Crippen molar-refractivity contribution in [1.29, 1.82) is 0 Å². The van der Waals surface area contributed by atoms with Crippen molar-refractivity contribution < 1.29 is 22.7 Å². The summed E-state index contributed by atoms with van der Waals surface area (Å²) in [5, 5.41) is -0.436. The predicted octanol–water partition coefficient (Wildman–Crippen LogP) is 1.30. The number of hydrogen-bond acceptors (Lipinski definition) is 5. The number of rotatable bonds is 3. The number of carbonyl (C=O) groups is 1. The van der Waals surface area contributed by atoms with Crippen molar-refractivity contribution >= 4 is 16.0 Å². The topological polar surface area (TPSA) is 72.9 Å². The van der Waals surface area contributed by atoms with Crippen LogP contribution in [-0.2, 0) is 24.3 Å². The lowest BCUT2D eigenvalue weighted by Gasteiger charge is -2.31. The second-order valence-electron chi connectivity index (χ2n) is 6.66. The van der Waals surface area contributed by atoms with Gasteiger partial charge < -0.3 is 9.47 Å². The minimum Gasteiger partial charge on any atom is -0.459 e. The van der Waals surface area contributed by atoms with Crippen molar-refractivity contribution in [1.82, 2.24) is 4.31 Å². The van der Waals surface area contributed by atoms with Crippen molar-refractivity contribution in [2.75, 3.05) is 19.8 Å². The monoisotopic (exact) mass is 319 g/mol. The number of sulfonamides is 1. The highest BCUT2D eigenvalue weighted by Crippen LogP contribution is 2.29. The van der Waals surface area contributed by atoms with Crippen LogP contribution in [-0.4, -0.2) is 55.3 Å². The molecule has 0 radical (unpaired) electrons. The van der Waals surface area contributed by atoms with Crippen LogP contribution in [0.4, 0.5) is 0 Å². The summed E-state index contributed by atoms with van der Waals surface area (Å²) >= 11 is 0. The fourth-order valence-corrected chi connectivity index (χ4v) is 4.92. The average molecular weight is 319 g/mol. The molecule has 7 heteroatoms. The Balaban J connectivity index is 2.12. The molecule has 2 aliphatic heterocycles. The lowest BCUT2D eigenvalue weighted by molar-refractivity contribution is -0.158. The minimum absolute atomic E-state index is 0.406. The van der Waals surface area contributed by atoms with Crippen LogP contribution in [0.1, 0.15) is 46.5 Å². The molecule has 0 saturated carbocycles. The van der Waals surface area contributed by atoms with Gasteiger partial charge in [-0.1, -0.05) is 0 Å². The Hall–Kier alpha value is -0.660. The van der Waals surface area contributed by atoms with Gasteiger partial charge in [0.05, 0.1) is 5.25 Å². The molecule has 21 heavy (non-hydrogen) atoms. The van der Waals surface area contributed by atoms with Gasteiger partial charge in [0.1, 0.15) is 11.6 Å². The number of carbonyl (C=O) groups excluding carboxylic acids is 1. The molecule has 0 bridgehead atoms. The molecule has 0 unspecified atom stereocenters. The molecule has 2 aliphatic rings. The number of esters is 1. The summed E-state index contributed by atoms with van der Waals surface area (Å²) in [7, 11) is -3.46. The molecule has 0 amide bonds. The van der Waals surface area contributed by atoms with Gasteiger partial charge >= 0.3 is 5.97 Å². The highest BCUT2D eigenvalue weighted by Gasteiger charge is 2.44. The molecule has 2 rings (SSSR count). The SMILES string of the molecule is CC(C)(C)OC(=O)[C@@H]1CCCN1S(=O)(=O)C1CCOCC1. The summed E-state index contributed by atoms with van der Waals surface area (Å²) in [4.78, 5) is 12.2. The Morgan fingerprint density at radius 3 is 2.38 bits per heavy atom. The average Bonchev–Trinajstić information content (AvgIpc) is 2.88. The normalized spacial score (nSPS) is 26.0. The Kier molecular flexibility index (Phi) is 4.95. The van der Waals surface area contributed by atoms with Gasteiger partial charge in [-0.25, -0.2) is 8.42 Å². The van der Waals surface area contributed by atoms with E-state index in [0.29, 0.717) is 45.4 Å². The largest absolute Gasteiger partial charge is 0.459 e. The minimum atomic E-state index is -3.46. The van der Waals surface area contributed by atoms with Crippen molar-refractivity contribution in [3.05, 3.63) is 0 Å². The van der Waals surface area contributed by atoms with E-state index >= 15 is 0 Å². The summed E-state index contributed by atoms with van der Waals surface area (Å²) in [5.74, 6) is -0.435. The predicted molar refractivity (Wildman–Crippen MR) is 78.3 cm³/mol. The molecule has 0 aliphatic carbocycles. The molecular weight excluding hydrogens is 294 g/mol. The van der Waals surface area contributed by atoms with Crippen LogP contribution in [0.5, 0.6) is 0 Å². The third kappa shape index (κ3) is 3.96. The summed E-state index contributed by atoms with van der Waals surface area (Å²) in [5.41, 5.74) is -0.603. The van der Waals surface area contributed by atoms with Crippen molar-refractivity contribution in [3.8, 4) is 0 Å². The zero-order valence-electron chi connectivity index (χ0n) is 13.0. The smallest absolute Gasteiger partial charge is 0.324 e. The molecule has 122 valence electrons. The molecule has 0 spiro atoms. The van der Waals surface area contributed by atoms with Gasteiger partial charge in [0, 0.05) is 19.8 Å². The van der Waals surface area contributed by atoms with Crippen LogP contribution in [0, 0.1) is 0 Å². The van der Waals surface area contributed by atoms with Gasteiger partial charge in [-0.05, 0) is 46.5 Å². The Labute approximate surface area is 126 Å². The van der Waals surface area contributed by atoms with E-state index in [0.717, 1.165) is 0 Å². The van der Waals surface area contributed by atoms with E-state index in [-0.39, 0.29) is 0 Å². The molecule has 0 aromatic heterocycles. The van der Waals surface area contributed by atoms with E-state index < -0.39 is 32.9 Å². The molecule has 2 saturated heterocycles. The van der Waals surface area contributed by atoms with Gasteiger partial charge in [0.15, 0.2) is 0 Å². The van der Waals surface area contributed by atoms with E-state index in [2.05, 4.69) is 0 Å². The van der Waals surface area contributed by atoms with Crippen molar-refractivity contribution in [2.45, 2.75) is 63.3 Å². The second-order valence-corrected chi connectivity index (χ2v) is 8.82. The highest BCUT2D eigenvalue weighted by molar-refractivity contribution is 7.89. The van der Waals surface area contributed by atoms with Gasteiger partial charge in [0.25, 0.3) is 0 Å². The van der Waals surface area contributed by atoms with E-state index in [1.54, 1.807) is 20.8 Å². The Bertz CT molecular complexity index is 476. The van der Waals surface area contributed by atoms with Crippen LogP contribution >= 0.6 is 0 Å². The molecule has 0 N–H and O–H groups in total. The van der Waals surface area contributed by atoms with Gasteiger partial charge in [-0.15, -0.1) is 0 Å². The van der Waals surface area contributed by atoms with E-state index in [9.17, 15) is 13.2 Å². The summed E-state index contributed by atoms with van der Waals surface area (Å²) < 4.78 is 37.4. The lowest BCUT2D eigenvalue weighted by Crippen LogP contribution is -2.48. The maximum Gasteiger partial charge on any atom is 0.324 e. The third-order valence-electron chi connectivity index (χ3n) is 3.80. The fourth-order valence-electron chi connectivity index (χ4n) is 2.82. The lowest BCUT2D eigenvalue weighted by atomic mass is 10.2. The maximum absolute atomic E-state index is 12.7. The Morgan fingerprint density at radius 2 is 1.81 bits per heavy atom. The van der Waals surface area contributed by atoms with Gasteiger partial charge in [0.2, 0.25) is 10.0 Å². The fraction of sp³-hybridized carbons (Fsp3) is 0.929. The molecule has 6 nitrogen and oxygen atoms in total. The zero-order valence-corrected chi connectivity index (χ0v) is 13.8. The third-order valence-corrected chi connectivity index (χ3v) is 6.20. The first-order chi connectivity index (χ1) is 9.72. The van der Waals surface area contributed by atoms with Crippen LogP contribution in [0.25, 0.3) is 0 Å². The molecule has 2 fully saturated rings. The molecule has 2 heterocycles. The quantitative estimate of drug-likeness (QED) is 0.733. The second kappa shape index (κ2) is 6.22. The van der Waals surface area contributed by atoms with Crippen LogP contribution in [0.2, 0.25) is 0 Å². The first-order valence-electron chi connectivity index (χ1n) is 7.53. The van der Waals surface area contributed by atoms with E-state index in [4.69, 9.17) is 9.47 Å². The standard InChI is InChI=1S/C14H25NO5S/c1-14(2,3)20-13(16)12-5-4-8-15(12)21(17,18)11-6-9-19-10-7-11/h11-12H,4-10H2,1-3H3/t12-/m0/s1. The highest BCUT2D eigenvalue weighted by atomic mass is 32.2. The summed E-state index contributed by atoms with van der Waals surface area (Å²) in [6, 6.07) is -0.669. The van der Waals surface area contributed by atoms with Gasteiger partial charge in [-0.2, -0.15) is 4.31 Å². The first-order valence-corrected chi connectivity index (χ1v) is 9.03. The summed E-state index contributed by atoms with van der Waals surface area (Å²) in [6.45, 7) is 6.71. The number of nitrogens with zero attached hydrogens (tertiary/aromatic N) is 1. The number of hydrogen-bond donors (Lipinski definition) is 0. The number of ether oxygens (including phenoxy) is 2. The maximum atomic E-state index is 12.7. The Morgan fingerprint density at radius 1 is 1.19 bits per heavy atom. The molecule has 0 aromatic carbocycles. The van der Waals surface area contributed by atoms with Crippen molar-refractivity contribution in [2.24, 2.45) is 0 Å². The van der Waals surface area contributed by atoms with E-state index in [1.807, 2.05) is 0 Å². The molecule has 0 aromatic rings. The van der Waals surface area contributed by atoms with Gasteiger partial charge in [-0.3, -0.25) is 4.79 Å². The van der Waals surface area contributed by atoms with Crippen molar-refractivity contribution in [3.63, 3.8) is 0 Å². The van der Waals surface area contributed by atoms with E-state index in [1.165, 1.54) is 4.31 Å².